The van der Waals surface area contributed by atoms with E-state index in [0.717, 1.165) is 5.75 Å². The zero-order valence-corrected chi connectivity index (χ0v) is 13.2. The molecule has 6 nitrogen and oxygen atoms in total. The molecule has 2 heterocycles. The van der Waals surface area contributed by atoms with Gasteiger partial charge in [-0.15, -0.1) is 12.4 Å². The van der Waals surface area contributed by atoms with Crippen molar-refractivity contribution in [1.82, 2.24) is 10.3 Å². The Morgan fingerprint density at radius 1 is 1.30 bits per heavy atom. The second-order valence-corrected chi connectivity index (χ2v) is 4.95. The van der Waals surface area contributed by atoms with Crippen LogP contribution >= 0.6 is 12.4 Å². The summed E-state index contributed by atoms with van der Waals surface area (Å²) in [5.74, 6) is 1.24. The number of pyridine rings is 1. The average Bonchev–Trinajstić information content (AvgIpc) is 2.59. The largest absolute Gasteiger partial charge is 0.486 e. The second-order valence-electron chi connectivity index (χ2n) is 4.95. The van der Waals surface area contributed by atoms with Crippen molar-refractivity contribution in [3.05, 3.63) is 53.9 Å². The number of aromatic nitrogens is 1. The lowest BCUT2D eigenvalue weighted by atomic mass is 10.2. The van der Waals surface area contributed by atoms with E-state index in [1.165, 1.54) is 0 Å². The summed E-state index contributed by atoms with van der Waals surface area (Å²) in [7, 11) is 0. The minimum absolute atomic E-state index is 0. The molecule has 1 amide bonds. The van der Waals surface area contributed by atoms with E-state index in [0.29, 0.717) is 36.7 Å². The summed E-state index contributed by atoms with van der Waals surface area (Å²) in [6, 6.07) is 10.8. The van der Waals surface area contributed by atoms with Crippen LogP contribution in [-0.2, 0) is 6.54 Å². The van der Waals surface area contributed by atoms with Crippen LogP contribution in [0.1, 0.15) is 16.1 Å². The van der Waals surface area contributed by atoms with Gasteiger partial charge >= 0.3 is 0 Å². The molecule has 1 unspecified atom stereocenters. The molecule has 1 aliphatic rings. The predicted octanol–water partition coefficient (Wildman–Crippen LogP) is 1.53. The first-order chi connectivity index (χ1) is 10.8. The SMILES string of the molecule is Cl.NCc1cc(C(=O)NCC2COc3ccccc3O2)ccn1. The van der Waals surface area contributed by atoms with E-state index in [-0.39, 0.29) is 24.4 Å². The standard InChI is InChI=1S/C16H17N3O3.ClH/c17-8-12-7-11(5-6-18-12)16(20)19-9-13-10-21-14-3-1-2-4-15(14)22-13;/h1-7,13H,8-10,17H2,(H,19,20);1H. The molecule has 1 aliphatic heterocycles. The molecule has 0 saturated heterocycles. The van der Waals surface area contributed by atoms with Gasteiger partial charge in [0.1, 0.15) is 12.7 Å². The van der Waals surface area contributed by atoms with Crippen LogP contribution < -0.4 is 20.5 Å². The molecule has 0 aliphatic carbocycles. The maximum absolute atomic E-state index is 12.1. The van der Waals surface area contributed by atoms with E-state index in [9.17, 15) is 4.79 Å². The number of ether oxygens (including phenoxy) is 2. The Labute approximate surface area is 140 Å². The number of hydrogen-bond acceptors (Lipinski definition) is 5. The quantitative estimate of drug-likeness (QED) is 0.885. The summed E-state index contributed by atoms with van der Waals surface area (Å²) in [5, 5.41) is 2.84. The van der Waals surface area contributed by atoms with Crippen LogP contribution in [0.15, 0.2) is 42.6 Å². The number of para-hydroxylation sites is 2. The molecule has 3 N–H and O–H groups in total. The molecule has 0 radical (unpaired) electrons. The normalized spacial score (nSPS) is 15.4. The molecule has 1 atom stereocenters. The van der Waals surface area contributed by atoms with Crippen molar-refractivity contribution in [2.75, 3.05) is 13.2 Å². The minimum Gasteiger partial charge on any atom is -0.486 e. The van der Waals surface area contributed by atoms with E-state index < -0.39 is 0 Å². The molecule has 7 heteroatoms. The highest BCUT2D eigenvalue weighted by atomic mass is 35.5. The highest BCUT2D eigenvalue weighted by Crippen LogP contribution is 2.30. The van der Waals surface area contributed by atoms with Crippen LogP contribution in [0.4, 0.5) is 0 Å². The zero-order valence-electron chi connectivity index (χ0n) is 12.4. The molecule has 23 heavy (non-hydrogen) atoms. The van der Waals surface area contributed by atoms with Crippen molar-refractivity contribution in [1.29, 1.82) is 0 Å². The number of hydrogen-bond donors (Lipinski definition) is 2. The average molecular weight is 336 g/mol. The van der Waals surface area contributed by atoms with Gasteiger partial charge in [0.15, 0.2) is 11.5 Å². The van der Waals surface area contributed by atoms with Gasteiger partial charge in [0.2, 0.25) is 0 Å². The monoisotopic (exact) mass is 335 g/mol. The number of halogens is 1. The van der Waals surface area contributed by atoms with E-state index in [1.54, 1.807) is 18.3 Å². The topological polar surface area (TPSA) is 86.5 Å². The Hall–Kier alpha value is -2.31. The number of fused-ring (bicyclic) bond motifs is 1. The fourth-order valence-electron chi connectivity index (χ4n) is 2.20. The van der Waals surface area contributed by atoms with Gasteiger partial charge in [0.05, 0.1) is 12.2 Å². The number of nitrogens with one attached hydrogen (secondary N) is 1. The van der Waals surface area contributed by atoms with Gasteiger partial charge in [-0.05, 0) is 24.3 Å². The fourth-order valence-corrected chi connectivity index (χ4v) is 2.20. The van der Waals surface area contributed by atoms with Gasteiger partial charge in [0, 0.05) is 18.3 Å². The van der Waals surface area contributed by atoms with Crippen molar-refractivity contribution in [3.8, 4) is 11.5 Å². The number of nitrogens with two attached hydrogens (primary N) is 1. The van der Waals surface area contributed by atoms with Crippen LogP contribution in [0.2, 0.25) is 0 Å². The minimum atomic E-state index is -0.213. The van der Waals surface area contributed by atoms with Gasteiger partial charge < -0.3 is 20.5 Å². The van der Waals surface area contributed by atoms with Crippen molar-refractivity contribution in [2.45, 2.75) is 12.6 Å². The Morgan fingerprint density at radius 3 is 2.87 bits per heavy atom. The summed E-state index contributed by atoms with van der Waals surface area (Å²) in [6.07, 6.45) is 1.36. The number of carbonyl (C=O) groups is 1. The molecule has 0 bridgehead atoms. The van der Waals surface area contributed by atoms with Gasteiger partial charge in [-0.3, -0.25) is 9.78 Å². The Balaban J connectivity index is 0.00000192. The van der Waals surface area contributed by atoms with Crippen LogP contribution in [-0.4, -0.2) is 30.1 Å². The summed E-state index contributed by atoms with van der Waals surface area (Å²) in [6.45, 7) is 1.08. The Bertz CT molecular complexity index is 681. The predicted molar refractivity (Wildman–Crippen MR) is 88.1 cm³/mol. The maximum atomic E-state index is 12.1. The highest BCUT2D eigenvalue weighted by molar-refractivity contribution is 5.94. The van der Waals surface area contributed by atoms with Crippen molar-refractivity contribution < 1.29 is 14.3 Å². The third-order valence-electron chi connectivity index (χ3n) is 3.35. The van der Waals surface area contributed by atoms with E-state index >= 15 is 0 Å². The summed E-state index contributed by atoms with van der Waals surface area (Å²) in [5.41, 5.74) is 6.74. The van der Waals surface area contributed by atoms with Crippen molar-refractivity contribution in [3.63, 3.8) is 0 Å². The van der Waals surface area contributed by atoms with Gasteiger partial charge in [0.25, 0.3) is 5.91 Å². The summed E-state index contributed by atoms with van der Waals surface area (Å²) in [4.78, 5) is 16.2. The zero-order chi connectivity index (χ0) is 15.4. The van der Waals surface area contributed by atoms with Gasteiger partial charge in [-0.25, -0.2) is 0 Å². The van der Waals surface area contributed by atoms with Crippen LogP contribution in [0.3, 0.4) is 0 Å². The number of amides is 1. The Morgan fingerprint density at radius 2 is 2.09 bits per heavy atom. The molecule has 0 fully saturated rings. The van der Waals surface area contributed by atoms with Crippen LogP contribution in [0.5, 0.6) is 11.5 Å². The Kier molecular flexibility index (Phi) is 5.78. The van der Waals surface area contributed by atoms with Crippen LogP contribution in [0, 0.1) is 0 Å². The van der Waals surface area contributed by atoms with Crippen molar-refractivity contribution in [2.24, 2.45) is 5.73 Å². The van der Waals surface area contributed by atoms with Crippen molar-refractivity contribution >= 4 is 18.3 Å². The first kappa shape index (κ1) is 17.1. The number of rotatable bonds is 4. The third kappa shape index (κ3) is 4.12. The van der Waals surface area contributed by atoms with Gasteiger partial charge in [-0.2, -0.15) is 0 Å². The lowest BCUT2D eigenvalue weighted by Gasteiger charge is -2.26. The number of nitrogens with zero attached hydrogens (tertiary/aromatic N) is 1. The molecule has 0 spiro atoms. The molecule has 0 saturated carbocycles. The molecule has 1 aromatic carbocycles. The lowest BCUT2D eigenvalue weighted by molar-refractivity contribution is 0.0789. The molecule has 3 rings (SSSR count). The van der Waals surface area contributed by atoms with Gasteiger partial charge in [-0.1, -0.05) is 12.1 Å². The maximum Gasteiger partial charge on any atom is 0.251 e. The fraction of sp³-hybridized carbons (Fsp3) is 0.250. The molecule has 1 aromatic heterocycles. The van der Waals surface area contributed by atoms with Crippen LogP contribution in [0.25, 0.3) is 0 Å². The third-order valence-corrected chi connectivity index (χ3v) is 3.35. The lowest BCUT2D eigenvalue weighted by Crippen LogP contribution is -2.40. The highest BCUT2D eigenvalue weighted by Gasteiger charge is 2.21. The smallest absolute Gasteiger partial charge is 0.251 e. The molecule has 2 aromatic rings. The second kappa shape index (κ2) is 7.80. The first-order valence-electron chi connectivity index (χ1n) is 7.08. The number of benzene rings is 1. The summed E-state index contributed by atoms with van der Waals surface area (Å²) < 4.78 is 11.4. The summed E-state index contributed by atoms with van der Waals surface area (Å²) >= 11 is 0. The van der Waals surface area contributed by atoms with E-state index in [4.69, 9.17) is 15.2 Å². The molecular weight excluding hydrogens is 318 g/mol. The molecular formula is C16H18ClN3O3. The first-order valence-corrected chi connectivity index (χ1v) is 7.08. The number of carbonyl (C=O) groups excluding carboxylic acids is 1. The van der Waals surface area contributed by atoms with E-state index in [2.05, 4.69) is 10.3 Å². The molecule has 122 valence electrons. The van der Waals surface area contributed by atoms with E-state index in [1.807, 2.05) is 24.3 Å².